The SMILES string of the molecule is CC(C)CC(CO)NC(=O)c1cccn1CC(F)(F)F. The maximum Gasteiger partial charge on any atom is 0.406 e. The lowest BCUT2D eigenvalue weighted by Crippen LogP contribution is -2.39. The van der Waals surface area contributed by atoms with Gasteiger partial charge in [-0.2, -0.15) is 13.2 Å². The van der Waals surface area contributed by atoms with Crippen molar-refractivity contribution in [1.82, 2.24) is 9.88 Å². The van der Waals surface area contributed by atoms with Crippen molar-refractivity contribution in [2.24, 2.45) is 5.92 Å². The number of nitrogens with zero attached hydrogens (tertiary/aromatic N) is 1. The third-order valence-corrected chi connectivity index (χ3v) is 2.72. The number of carbonyl (C=O) groups is 1. The van der Waals surface area contributed by atoms with E-state index in [-0.39, 0.29) is 18.2 Å². The van der Waals surface area contributed by atoms with Crippen LogP contribution in [0.3, 0.4) is 0 Å². The van der Waals surface area contributed by atoms with Gasteiger partial charge >= 0.3 is 6.18 Å². The highest BCUT2D eigenvalue weighted by Crippen LogP contribution is 2.19. The average molecular weight is 292 g/mol. The van der Waals surface area contributed by atoms with Crippen molar-refractivity contribution < 1.29 is 23.1 Å². The number of carbonyl (C=O) groups excluding carboxylic acids is 1. The summed E-state index contributed by atoms with van der Waals surface area (Å²) in [5.74, 6) is -0.353. The van der Waals surface area contributed by atoms with E-state index in [9.17, 15) is 23.1 Å². The molecule has 0 saturated heterocycles. The molecule has 0 bridgehead atoms. The van der Waals surface area contributed by atoms with Gasteiger partial charge < -0.3 is 15.0 Å². The lowest BCUT2D eigenvalue weighted by Gasteiger charge is -2.19. The Bertz CT molecular complexity index is 441. The third-order valence-electron chi connectivity index (χ3n) is 2.72. The topological polar surface area (TPSA) is 54.3 Å². The summed E-state index contributed by atoms with van der Waals surface area (Å²) >= 11 is 0. The van der Waals surface area contributed by atoms with Crippen LogP contribution in [0.1, 0.15) is 30.8 Å². The van der Waals surface area contributed by atoms with Crippen molar-refractivity contribution in [3.05, 3.63) is 24.0 Å². The number of rotatable bonds is 6. The van der Waals surface area contributed by atoms with E-state index >= 15 is 0 Å². The molecule has 0 aliphatic rings. The first kappa shape index (κ1) is 16.6. The molecule has 0 saturated carbocycles. The van der Waals surface area contributed by atoms with Gasteiger partial charge in [0.05, 0.1) is 12.6 Å². The molecular weight excluding hydrogens is 273 g/mol. The largest absolute Gasteiger partial charge is 0.406 e. The van der Waals surface area contributed by atoms with Crippen LogP contribution in [0.4, 0.5) is 13.2 Å². The molecule has 4 nitrogen and oxygen atoms in total. The average Bonchev–Trinajstić information content (AvgIpc) is 2.73. The number of hydrogen-bond acceptors (Lipinski definition) is 2. The Morgan fingerprint density at radius 1 is 1.45 bits per heavy atom. The van der Waals surface area contributed by atoms with Crippen LogP contribution in [0.25, 0.3) is 0 Å². The molecule has 1 amide bonds. The smallest absolute Gasteiger partial charge is 0.394 e. The highest BCUT2D eigenvalue weighted by Gasteiger charge is 2.29. The van der Waals surface area contributed by atoms with Crippen LogP contribution >= 0.6 is 0 Å². The van der Waals surface area contributed by atoms with Crippen molar-refractivity contribution in [2.45, 2.75) is 39.0 Å². The number of aromatic nitrogens is 1. The second-order valence-electron chi connectivity index (χ2n) is 5.12. The summed E-state index contributed by atoms with van der Waals surface area (Å²) in [4.78, 5) is 12.0. The molecule has 20 heavy (non-hydrogen) atoms. The molecule has 0 aromatic carbocycles. The molecule has 1 unspecified atom stereocenters. The summed E-state index contributed by atoms with van der Waals surface area (Å²) in [5.41, 5.74) is -0.0652. The number of hydrogen-bond donors (Lipinski definition) is 2. The summed E-state index contributed by atoms with van der Waals surface area (Å²) in [6.45, 7) is 2.41. The molecule has 2 N–H and O–H groups in total. The molecule has 0 aliphatic carbocycles. The maximum absolute atomic E-state index is 12.4. The van der Waals surface area contributed by atoms with E-state index in [4.69, 9.17) is 0 Å². The molecule has 0 spiro atoms. The van der Waals surface area contributed by atoms with E-state index in [0.29, 0.717) is 6.42 Å². The molecule has 0 fully saturated rings. The van der Waals surface area contributed by atoms with Gasteiger partial charge in [0.25, 0.3) is 5.91 Å². The predicted molar refractivity (Wildman–Crippen MR) is 68.3 cm³/mol. The van der Waals surface area contributed by atoms with Gasteiger partial charge in [-0.3, -0.25) is 4.79 Å². The summed E-state index contributed by atoms with van der Waals surface area (Å²) < 4.78 is 38.0. The van der Waals surface area contributed by atoms with E-state index in [0.717, 1.165) is 4.57 Å². The Morgan fingerprint density at radius 2 is 2.10 bits per heavy atom. The van der Waals surface area contributed by atoms with Gasteiger partial charge in [0.1, 0.15) is 12.2 Å². The molecule has 1 aromatic rings. The molecule has 1 rings (SSSR count). The maximum atomic E-state index is 12.4. The zero-order valence-electron chi connectivity index (χ0n) is 11.4. The van der Waals surface area contributed by atoms with Crippen LogP contribution in [0.5, 0.6) is 0 Å². The first-order valence-electron chi connectivity index (χ1n) is 6.36. The van der Waals surface area contributed by atoms with Crippen molar-refractivity contribution >= 4 is 5.91 Å². The van der Waals surface area contributed by atoms with Crippen molar-refractivity contribution in [1.29, 1.82) is 0 Å². The monoisotopic (exact) mass is 292 g/mol. The van der Waals surface area contributed by atoms with Crippen LogP contribution in [0.2, 0.25) is 0 Å². The Balaban J connectivity index is 2.75. The fraction of sp³-hybridized carbons (Fsp3) is 0.615. The van der Waals surface area contributed by atoms with E-state index < -0.39 is 24.7 Å². The second kappa shape index (κ2) is 6.78. The van der Waals surface area contributed by atoms with Gasteiger partial charge in [0, 0.05) is 6.20 Å². The van der Waals surface area contributed by atoms with E-state index in [2.05, 4.69) is 5.32 Å². The number of alkyl halides is 3. The number of amides is 1. The molecule has 1 heterocycles. The molecule has 7 heteroatoms. The van der Waals surface area contributed by atoms with Crippen LogP contribution in [0.15, 0.2) is 18.3 Å². The van der Waals surface area contributed by atoms with Crippen molar-refractivity contribution in [2.75, 3.05) is 6.61 Å². The van der Waals surface area contributed by atoms with Gasteiger partial charge in [0.15, 0.2) is 0 Å². The summed E-state index contributed by atoms with van der Waals surface area (Å²) in [6.07, 6.45) is -2.62. The van der Waals surface area contributed by atoms with Crippen LogP contribution < -0.4 is 5.32 Å². The Hall–Kier alpha value is -1.50. The first-order chi connectivity index (χ1) is 9.23. The minimum Gasteiger partial charge on any atom is -0.394 e. The van der Waals surface area contributed by atoms with Gasteiger partial charge in [-0.25, -0.2) is 0 Å². The highest BCUT2D eigenvalue weighted by atomic mass is 19.4. The quantitative estimate of drug-likeness (QED) is 0.844. The van der Waals surface area contributed by atoms with Gasteiger partial charge in [-0.15, -0.1) is 0 Å². The van der Waals surface area contributed by atoms with E-state index in [1.165, 1.54) is 18.3 Å². The predicted octanol–water partition coefficient (Wildman–Crippen LogP) is 2.19. The second-order valence-corrected chi connectivity index (χ2v) is 5.12. The lowest BCUT2D eigenvalue weighted by molar-refractivity contribution is -0.140. The standard InChI is InChI=1S/C13H19F3N2O2/c1-9(2)6-10(7-19)17-12(20)11-4-3-5-18(11)8-13(14,15)16/h3-5,9-10,19H,6-8H2,1-2H3,(H,17,20). The van der Waals surface area contributed by atoms with E-state index in [1.54, 1.807) is 0 Å². The van der Waals surface area contributed by atoms with Crippen LogP contribution in [-0.2, 0) is 6.54 Å². The van der Waals surface area contributed by atoms with Crippen LogP contribution in [0, 0.1) is 5.92 Å². The van der Waals surface area contributed by atoms with Crippen molar-refractivity contribution in [3.8, 4) is 0 Å². The molecule has 0 aliphatic heterocycles. The van der Waals surface area contributed by atoms with Gasteiger partial charge in [-0.1, -0.05) is 13.8 Å². The summed E-state index contributed by atoms with van der Waals surface area (Å²) in [6, 6.07) is 2.25. The zero-order chi connectivity index (χ0) is 15.3. The Morgan fingerprint density at radius 3 is 2.60 bits per heavy atom. The van der Waals surface area contributed by atoms with Gasteiger partial charge in [0.2, 0.25) is 0 Å². The highest BCUT2D eigenvalue weighted by molar-refractivity contribution is 5.92. The van der Waals surface area contributed by atoms with E-state index in [1.807, 2.05) is 13.8 Å². The Kier molecular flexibility index (Phi) is 5.62. The first-order valence-corrected chi connectivity index (χ1v) is 6.36. The summed E-state index contributed by atoms with van der Waals surface area (Å²) in [7, 11) is 0. The minimum absolute atomic E-state index is 0.0652. The molecular formula is C13H19F3N2O2. The zero-order valence-corrected chi connectivity index (χ0v) is 11.4. The number of aliphatic hydroxyl groups is 1. The van der Waals surface area contributed by atoms with Gasteiger partial charge in [-0.05, 0) is 24.5 Å². The number of aliphatic hydroxyl groups excluding tert-OH is 1. The summed E-state index contributed by atoms with van der Waals surface area (Å²) in [5, 5.41) is 11.7. The third kappa shape index (κ3) is 5.24. The normalized spacial score (nSPS) is 13.6. The molecule has 1 atom stereocenters. The molecule has 1 aromatic heterocycles. The minimum atomic E-state index is -4.39. The fourth-order valence-corrected chi connectivity index (χ4v) is 1.96. The van der Waals surface area contributed by atoms with Crippen molar-refractivity contribution in [3.63, 3.8) is 0 Å². The molecule has 114 valence electrons. The number of nitrogens with one attached hydrogen (secondary N) is 1. The Labute approximate surface area is 115 Å². The molecule has 0 radical (unpaired) electrons. The number of halogens is 3. The van der Waals surface area contributed by atoms with Crippen LogP contribution in [-0.4, -0.2) is 34.4 Å². The lowest BCUT2D eigenvalue weighted by atomic mass is 10.0. The fourth-order valence-electron chi connectivity index (χ4n) is 1.96.